The van der Waals surface area contributed by atoms with Gasteiger partial charge in [-0.25, -0.2) is 8.42 Å². The molecule has 1 heterocycles. The maximum atomic E-state index is 11.8. The highest BCUT2D eigenvalue weighted by molar-refractivity contribution is 7.89. The molecule has 0 radical (unpaired) electrons. The van der Waals surface area contributed by atoms with E-state index in [4.69, 9.17) is 0 Å². The van der Waals surface area contributed by atoms with E-state index in [9.17, 15) is 8.42 Å². The maximum absolute atomic E-state index is 11.8. The van der Waals surface area contributed by atoms with E-state index in [0.717, 1.165) is 16.5 Å². The topological polar surface area (TPSA) is 49.9 Å². The van der Waals surface area contributed by atoms with Crippen molar-refractivity contribution in [1.82, 2.24) is 4.98 Å². The molecule has 2 aromatic carbocycles. The molecule has 3 nitrogen and oxygen atoms in total. The second-order valence-corrected chi connectivity index (χ2v) is 10.1. The van der Waals surface area contributed by atoms with E-state index in [1.54, 1.807) is 0 Å². The molecule has 1 aromatic heterocycles. The predicted octanol–water partition coefficient (Wildman–Crippen LogP) is 4.74. The van der Waals surface area contributed by atoms with Crippen LogP contribution in [0.15, 0.2) is 48.7 Å². The lowest BCUT2D eigenvalue weighted by Crippen LogP contribution is -2.26. The van der Waals surface area contributed by atoms with Crippen molar-refractivity contribution >= 4 is 20.7 Å². The Morgan fingerprint density at radius 2 is 1.81 bits per heavy atom. The second-order valence-electron chi connectivity index (χ2n) is 7.95. The van der Waals surface area contributed by atoms with Crippen molar-refractivity contribution in [3.05, 3.63) is 70.9 Å². The molecule has 4 heteroatoms. The van der Waals surface area contributed by atoms with Gasteiger partial charge in [0.1, 0.15) is 0 Å². The zero-order chi connectivity index (χ0) is 18.5. The van der Waals surface area contributed by atoms with Crippen LogP contribution in [0.4, 0.5) is 0 Å². The fraction of sp³-hybridized carbons (Fsp3) is 0.364. The van der Waals surface area contributed by atoms with E-state index >= 15 is 0 Å². The fourth-order valence-corrected chi connectivity index (χ4v) is 5.03. The quantitative estimate of drug-likeness (QED) is 0.708. The molecule has 1 aliphatic rings. The zero-order valence-corrected chi connectivity index (χ0v) is 16.4. The van der Waals surface area contributed by atoms with Gasteiger partial charge in [0.25, 0.3) is 0 Å². The van der Waals surface area contributed by atoms with E-state index in [1.165, 1.54) is 35.8 Å². The lowest BCUT2D eigenvalue weighted by molar-refractivity contribution is 0.499. The van der Waals surface area contributed by atoms with Crippen LogP contribution < -0.4 is 0 Å². The first-order valence-corrected chi connectivity index (χ1v) is 11.2. The van der Waals surface area contributed by atoms with E-state index in [2.05, 4.69) is 55.4 Å². The summed E-state index contributed by atoms with van der Waals surface area (Å²) in [6.07, 6.45) is 5.85. The predicted molar refractivity (Wildman–Crippen MR) is 107 cm³/mol. The van der Waals surface area contributed by atoms with Crippen LogP contribution in [0.5, 0.6) is 0 Å². The summed E-state index contributed by atoms with van der Waals surface area (Å²) in [5.41, 5.74) is 5.61. The van der Waals surface area contributed by atoms with Crippen molar-refractivity contribution in [2.24, 2.45) is 5.92 Å². The molecular weight excluding hydrogens is 342 g/mol. The molecule has 0 bridgehead atoms. The van der Waals surface area contributed by atoms with Gasteiger partial charge in [0.15, 0.2) is 9.84 Å². The van der Waals surface area contributed by atoms with Crippen LogP contribution in [0.1, 0.15) is 42.0 Å². The third-order valence-corrected chi connectivity index (χ3v) is 6.66. The summed E-state index contributed by atoms with van der Waals surface area (Å²) in [6.45, 7) is 4.45. The number of H-pyrrole nitrogens is 1. The van der Waals surface area contributed by atoms with Crippen LogP contribution in [0.3, 0.4) is 0 Å². The van der Waals surface area contributed by atoms with Gasteiger partial charge >= 0.3 is 0 Å². The third kappa shape index (κ3) is 2.96. The van der Waals surface area contributed by atoms with Gasteiger partial charge in [0, 0.05) is 28.8 Å². The number of para-hydroxylation sites is 1. The van der Waals surface area contributed by atoms with Crippen molar-refractivity contribution in [1.29, 1.82) is 0 Å². The summed E-state index contributed by atoms with van der Waals surface area (Å²) in [5, 5.41) is 1.14. The smallest absolute Gasteiger partial charge is 0.151 e. The number of hydrogen-bond donors (Lipinski definition) is 1. The highest BCUT2D eigenvalue weighted by Gasteiger charge is 2.45. The van der Waals surface area contributed by atoms with Crippen molar-refractivity contribution in [3.63, 3.8) is 0 Å². The van der Waals surface area contributed by atoms with Gasteiger partial charge < -0.3 is 4.98 Å². The highest BCUT2D eigenvalue weighted by Crippen LogP contribution is 2.52. The van der Waals surface area contributed by atoms with E-state index in [-0.39, 0.29) is 11.2 Å². The van der Waals surface area contributed by atoms with Gasteiger partial charge in [-0.05, 0) is 42.4 Å². The summed E-state index contributed by atoms with van der Waals surface area (Å²) in [4.78, 5) is 3.38. The van der Waals surface area contributed by atoms with Crippen molar-refractivity contribution < 1.29 is 8.42 Å². The summed E-state index contributed by atoms with van der Waals surface area (Å²) >= 11 is 0. The SMILES string of the molecule is Cc1ccc(C(C)(c2c[nH]c3c(CS(C)(=O)=O)cccc23)C2CC2)cc1. The van der Waals surface area contributed by atoms with Gasteiger partial charge in [0.2, 0.25) is 0 Å². The van der Waals surface area contributed by atoms with Crippen molar-refractivity contribution in [2.75, 3.05) is 6.26 Å². The number of aromatic nitrogens is 1. The summed E-state index contributed by atoms with van der Waals surface area (Å²) in [7, 11) is -3.08. The molecular formula is C22H25NO2S. The number of fused-ring (bicyclic) bond motifs is 1. The van der Waals surface area contributed by atoms with Crippen molar-refractivity contribution in [3.8, 4) is 0 Å². The van der Waals surface area contributed by atoms with Gasteiger partial charge in [-0.2, -0.15) is 0 Å². The largest absolute Gasteiger partial charge is 0.361 e. The average Bonchev–Trinajstić information content (AvgIpc) is 3.33. The molecule has 1 fully saturated rings. The van der Waals surface area contributed by atoms with Gasteiger partial charge in [-0.3, -0.25) is 0 Å². The molecule has 0 spiro atoms. The number of rotatable bonds is 5. The lowest BCUT2D eigenvalue weighted by atomic mass is 9.72. The molecule has 0 amide bonds. The Morgan fingerprint density at radius 3 is 2.42 bits per heavy atom. The standard InChI is InChI=1S/C22H25NO2S/c1-15-7-9-17(10-8-15)22(2,18-11-12-18)20-13-23-21-16(14-26(3,24)25)5-4-6-19(20)21/h4-10,13,18,23H,11-12,14H2,1-3H3. The minimum absolute atomic E-state index is 0.0599. The van der Waals surface area contributed by atoms with Crippen molar-refractivity contribution in [2.45, 2.75) is 37.9 Å². The lowest BCUT2D eigenvalue weighted by Gasteiger charge is -2.31. The van der Waals surface area contributed by atoms with Gasteiger partial charge in [-0.1, -0.05) is 55.0 Å². The fourth-order valence-electron chi connectivity index (χ4n) is 4.22. The van der Waals surface area contributed by atoms with Crippen LogP contribution in [0, 0.1) is 12.8 Å². The zero-order valence-electron chi connectivity index (χ0n) is 15.5. The molecule has 1 aliphatic carbocycles. The first kappa shape index (κ1) is 17.3. The van der Waals surface area contributed by atoms with Crippen LogP contribution in [0.25, 0.3) is 10.9 Å². The normalized spacial score (nSPS) is 17.3. The number of benzene rings is 2. The Labute approximate surface area is 155 Å². The molecule has 26 heavy (non-hydrogen) atoms. The Hall–Kier alpha value is -2.07. The number of aromatic amines is 1. The summed E-state index contributed by atoms with van der Waals surface area (Å²) in [5.74, 6) is 0.692. The Kier molecular flexibility index (Phi) is 3.99. The molecule has 3 aromatic rings. The molecule has 0 aliphatic heterocycles. The minimum atomic E-state index is -3.08. The number of hydrogen-bond acceptors (Lipinski definition) is 2. The van der Waals surface area contributed by atoms with Crippen LogP contribution in [-0.4, -0.2) is 19.7 Å². The third-order valence-electron chi connectivity index (χ3n) is 5.82. The number of sulfone groups is 1. The van der Waals surface area contributed by atoms with Gasteiger partial charge in [-0.15, -0.1) is 0 Å². The minimum Gasteiger partial charge on any atom is -0.361 e. The Balaban J connectivity index is 1.89. The van der Waals surface area contributed by atoms with E-state index in [1.807, 2.05) is 12.1 Å². The molecule has 0 saturated heterocycles. The first-order chi connectivity index (χ1) is 12.3. The monoisotopic (exact) mass is 367 g/mol. The average molecular weight is 368 g/mol. The van der Waals surface area contributed by atoms with Crippen LogP contribution in [0.2, 0.25) is 0 Å². The number of aryl methyl sites for hydroxylation is 1. The molecule has 1 unspecified atom stereocenters. The molecule has 1 atom stereocenters. The highest BCUT2D eigenvalue weighted by atomic mass is 32.2. The van der Waals surface area contributed by atoms with E-state index in [0.29, 0.717) is 5.92 Å². The molecule has 4 rings (SSSR count). The first-order valence-electron chi connectivity index (χ1n) is 9.13. The van der Waals surface area contributed by atoms with Gasteiger partial charge in [0.05, 0.1) is 5.75 Å². The Morgan fingerprint density at radius 1 is 1.12 bits per heavy atom. The molecule has 1 N–H and O–H groups in total. The number of nitrogens with one attached hydrogen (secondary N) is 1. The summed E-state index contributed by atoms with van der Waals surface area (Å²) in [6, 6.07) is 14.8. The van der Waals surface area contributed by atoms with Crippen LogP contribution in [-0.2, 0) is 21.0 Å². The molecule has 136 valence electrons. The molecule has 1 saturated carbocycles. The second kappa shape index (κ2) is 5.98. The van der Waals surface area contributed by atoms with E-state index < -0.39 is 9.84 Å². The summed E-state index contributed by atoms with van der Waals surface area (Å²) < 4.78 is 23.6. The maximum Gasteiger partial charge on any atom is 0.151 e. The van der Waals surface area contributed by atoms with Crippen LogP contribution >= 0.6 is 0 Å². The Bertz CT molecular complexity index is 1060.